The largest absolute Gasteiger partial charge is 0.494 e. The number of piperazine rings is 1. The van der Waals surface area contributed by atoms with Crippen LogP contribution in [0, 0.1) is 5.82 Å². The number of amides is 2. The highest BCUT2D eigenvalue weighted by molar-refractivity contribution is 5.92. The smallest absolute Gasteiger partial charge is 0.244 e. The molecule has 0 spiro atoms. The molecule has 6 nitrogen and oxygen atoms in total. The van der Waals surface area contributed by atoms with Crippen molar-refractivity contribution in [2.45, 2.75) is 6.42 Å². The van der Waals surface area contributed by atoms with Crippen LogP contribution >= 0.6 is 0 Å². The van der Waals surface area contributed by atoms with E-state index in [-0.39, 0.29) is 30.5 Å². The van der Waals surface area contributed by atoms with E-state index in [1.54, 1.807) is 6.07 Å². The number of carbonyl (C=O) groups excluding carboxylic acids is 2. The zero-order valence-corrected chi connectivity index (χ0v) is 17.0. The molecule has 0 radical (unpaired) electrons. The van der Waals surface area contributed by atoms with Crippen LogP contribution in [0.2, 0.25) is 0 Å². The molecule has 158 valence electrons. The number of anilines is 1. The molecule has 0 bridgehead atoms. The summed E-state index contributed by atoms with van der Waals surface area (Å²) in [5.41, 5.74) is 1.72. The number of hydrogen-bond donors (Lipinski definition) is 1. The van der Waals surface area contributed by atoms with Gasteiger partial charge in [0.05, 0.1) is 7.11 Å². The topological polar surface area (TPSA) is 61.9 Å². The van der Waals surface area contributed by atoms with Crippen molar-refractivity contribution in [1.29, 1.82) is 0 Å². The summed E-state index contributed by atoms with van der Waals surface area (Å²) < 4.78 is 18.5. The Morgan fingerprint density at radius 1 is 1.10 bits per heavy atom. The van der Waals surface area contributed by atoms with Gasteiger partial charge in [-0.25, -0.2) is 4.39 Å². The highest BCUT2D eigenvalue weighted by Crippen LogP contribution is 2.18. The van der Waals surface area contributed by atoms with E-state index in [1.807, 2.05) is 23.1 Å². The Kier molecular flexibility index (Phi) is 7.43. The van der Waals surface area contributed by atoms with Crippen molar-refractivity contribution >= 4 is 23.6 Å². The third kappa shape index (κ3) is 5.83. The van der Waals surface area contributed by atoms with Gasteiger partial charge in [0.1, 0.15) is 0 Å². The third-order valence-corrected chi connectivity index (χ3v) is 4.99. The molecule has 0 aliphatic carbocycles. The van der Waals surface area contributed by atoms with Gasteiger partial charge in [-0.05, 0) is 35.9 Å². The van der Waals surface area contributed by atoms with Gasteiger partial charge in [0.15, 0.2) is 11.6 Å². The normalized spacial score (nSPS) is 14.1. The minimum absolute atomic E-state index is 0.0317. The van der Waals surface area contributed by atoms with Gasteiger partial charge in [0.2, 0.25) is 11.8 Å². The molecule has 0 saturated carbocycles. The SMILES string of the molecule is COc1ccc(/C=C/C(=O)NCCC(=O)N2CCN(c3ccccc3)CC2)cc1F. The van der Waals surface area contributed by atoms with Crippen molar-refractivity contribution in [2.75, 3.05) is 44.7 Å². The summed E-state index contributed by atoms with van der Waals surface area (Å²) in [5, 5.41) is 2.69. The van der Waals surface area contributed by atoms with E-state index in [1.165, 1.54) is 37.1 Å². The Balaban J connectivity index is 1.38. The summed E-state index contributed by atoms with van der Waals surface area (Å²) in [5.74, 6) is -0.630. The van der Waals surface area contributed by atoms with Gasteiger partial charge >= 0.3 is 0 Å². The number of benzene rings is 2. The molecule has 2 amide bonds. The molecule has 7 heteroatoms. The molecule has 0 atom stereocenters. The Labute approximate surface area is 175 Å². The first-order chi connectivity index (χ1) is 14.6. The summed E-state index contributed by atoms with van der Waals surface area (Å²) in [7, 11) is 1.39. The van der Waals surface area contributed by atoms with Gasteiger partial charge in [-0.2, -0.15) is 0 Å². The standard InChI is InChI=1S/C23H26FN3O3/c1-30-21-9-7-18(17-20(21)24)8-10-22(28)25-12-11-23(29)27-15-13-26(14-16-27)19-5-3-2-4-6-19/h2-10,17H,11-16H2,1H3,(H,25,28)/b10-8+. The van der Waals surface area contributed by atoms with Crippen LogP contribution in [0.25, 0.3) is 6.08 Å². The Morgan fingerprint density at radius 3 is 2.50 bits per heavy atom. The lowest BCUT2D eigenvalue weighted by Crippen LogP contribution is -2.49. The minimum Gasteiger partial charge on any atom is -0.494 e. The van der Waals surface area contributed by atoms with Gasteiger partial charge in [-0.3, -0.25) is 9.59 Å². The minimum atomic E-state index is -0.488. The molecule has 2 aromatic carbocycles. The molecule has 1 heterocycles. The lowest BCUT2D eigenvalue weighted by atomic mass is 10.2. The molecule has 0 aromatic heterocycles. The Bertz CT molecular complexity index is 894. The third-order valence-electron chi connectivity index (χ3n) is 4.99. The van der Waals surface area contributed by atoms with Crippen LogP contribution in [0.4, 0.5) is 10.1 Å². The Hall–Kier alpha value is -3.35. The number of halogens is 1. The molecular formula is C23H26FN3O3. The summed E-state index contributed by atoms with van der Waals surface area (Å²) in [6, 6.07) is 14.6. The van der Waals surface area contributed by atoms with Crippen LogP contribution in [0.15, 0.2) is 54.6 Å². The van der Waals surface area contributed by atoms with Crippen molar-refractivity contribution in [2.24, 2.45) is 0 Å². The van der Waals surface area contributed by atoms with E-state index in [9.17, 15) is 14.0 Å². The molecule has 2 aromatic rings. The summed E-state index contributed by atoms with van der Waals surface area (Å²) in [6.07, 6.45) is 3.09. The Morgan fingerprint density at radius 2 is 1.83 bits per heavy atom. The predicted octanol–water partition coefficient (Wildman–Crippen LogP) is 2.70. The van der Waals surface area contributed by atoms with Gasteiger partial charge in [-0.15, -0.1) is 0 Å². The molecule has 3 rings (SSSR count). The number of rotatable bonds is 7. The number of nitrogens with one attached hydrogen (secondary N) is 1. The van der Waals surface area contributed by atoms with Crippen LogP contribution < -0.4 is 15.0 Å². The fourth-order valence-electron chi connectivity index (χ4n) is 3.32. The van der Waals surface area contributed by atoms with E-state index in [0.717, 1.165) is 13.1 Å². The second kappa shape index (κ2) is 10.4. The molecule has 1 fully saturated rings. The van der Waals surface area contributed by atoms with Crippen molar-refractivity contribution < 1.29 is 18.7 Å². The lowest BCUT2D eigenvalue weighted by Gasteiger charge is -2.36. The monoisotopic (exact) mass is 411 g/mol. The van der Waals surface area contributed by atoms with E-state index in [4.69, 9.17) is 4.74 Å². The van der Waals surface area contributed by atoms with Gasteiger partial charge in [0, 0.05) is 50.9 Å². The van der Waals surface area contributed by atoms with Crippen LogP contribution in [0.5, 0.6) is 5.75 Å². The fourth-order valence-corrected chi connectivity index (χ4v) is 3.32. The summed E-state index contributed by atoms with van der Waals surface area (Å²) >= 11 is 0. The molecule has 1 N–H and O–H groups in total. The zero-order valence-electron chi connectivity index (χ0n) is 17.0. The molecule has 1 aliphatic heterocycles. The highest BCUT2D eigenvalue weighted by Gasteiger charge is 2.20. The van der Waals surface area contributed by atoms with E-state index < -0.39 is 5.82 Å². The average Bonchev–Trinajstić information content (AvgIpc) is 2.78. The maximum Gasteiger partial charge on any atom is 0.244 e. The fraction of sp³-hybridized carbons (Fsp3) is 0.304. The second-order valence-corrected chi connectivity index (χ2v) is 6.97. The number of nitrogens with zero attached hydrogens (tertiary/aromatic N) is 2. The molecule has 30 heavy (non-hydrogen) atoms. The maximum absolute atomic E-state index is 13.7. The van der Waals surface area contributed by atoms with Crippen LogP contribution in [-0.4, -0.2) is 56.5 Å². The van der Waals surface area contributed by atoms with Crippen molar-refractivity contribution in [1.82, 2.24) is 10.2 Å². The molecule has 1 saturated heterocycles. The predicted molar refractivity (Wildman–Crippen MR) is 115 cm³/mol. The number of hydrogen-bond acceptors (Lipinski definition) is 4. The number of carbonyl (C=O) groups is 2. The highest BCUT2D eigenvalue weighted by atomic mass is 19.1. The van der Waals surface area contributed by atoms with Gasteiger partial charge in [-0.1, -0.05) is 24.3 Å². The maximum atomic E-state index is 13.7. The van der Waals surface area contributed by atoms with Crippen molar-refractivity contribution in [3.63, 3.8) is 0 Å². The molecule has 1 aliphatic rings. The molecule has 0 unspecified atom stereocenters. The number of methoxy groups -OCH3 is 1. The van der Waals surface area contributed by atoms with Gasteiger partial charge in [0.25, 0.3) is 0 Å². The quantitative estimate of drug-likeness (QED) is 0.712. The first-order valence-corrected chi connectivity index (χ1v) is 9.94. The van der Waals surface area contributed by atoms with Crippen LogP contribution in [0.1, 0.15) is 12.0 Å². The van der Waals surface area contributed by atoms with Gasteiger partial charge < -0.3 is 19.9 Å². The van der Waals surface area contributed by atoms with Crippen molar-refractivity contribution in [3.8, 4) is 5.75 Å². The summed E-state index contributed by atoms with van der Waals surface area (Å²) in [6.45, 7) is 3.19. The average molecular weight is 411 g/mol. The van der Waals surface area contributed by atoms with Crippen molar-refractivity contribution in [3.05, 3.63) is 66.0 Å². The second-order valence-electron chi connectivity index (χ2n) is 6.97. The van der Waals surface area contributed by atoms with E-state index in [0.29, 0.717) is 18.7 Å². The number of ether oxygens (including phenoxy) is 1. The van der Waals surface area contributed by atoms with E-state index >= 15 is 0 Å². The first-order valence-electron chi connectivity index (χ1n) is 9.94. The number of para-hydroxylation sites is 1. The van der Waals surface area contributed by atoms with E-state index in [2.05, 4.69) is 22.3 Å². The lowest BCUT2D eigenvalue weighted by molar-refractivity contribution is -0.131. The zero-order chi connectivity index (χ0) is 21.3. The van der Waals surface area contributed by atoms with Crippen LogP contribution in [-0.2, 0) is 9.59 Å². The van der Waals surface area contributed by atoms with Crippen LogP contribution in [0.3, 0.4) is 0 Å². The first kappa shape index (κ1) is 21.4. The summed E-state index contributed by atoms with van der Waals surface area (Å²) in [4.78, 5) is 28.4. The molecular weight excluding hydrogens is 385 g/mol.